The third-order valence-electron chi connectivity index (χ3n) is 4.69. The Hall–Kier alpha value is -3.39. The van der Waals surface area contributed by atoms with Gasteiger partial charge < -0.3 is 26.2 Å². The van der Waals surface area contributed by atoms with Gasteiger partial charge in [0, 0.05) is 13.0 Å². The number of amides is 3. The fourth-order valence-electron chi connectivity index (χ4n) is 3.12. The summed E-state index contributed by atoms with van der Waals surface area (Å²) in [5.41, 5.74) is 7.88. The lowest BCUT2D eigenvalue weighted by atomic mass is 10.0. The van der Waals surface area contributed by atoms with Crippen molar-refractivity contribution in [3.8, 4) is 11.1 Å². The topological polar surface area (TPSA) is 133 Å². The highest BCUT2D eigenvalue weighted by Crippen LogP contribution is 2.19. The summed E-state index contributed by atoms with van der Waals surface area (Å²) < 4.78 is 0. The van der Waals surface area contributed by atoms with E-state index < -0.39 is 30.1 Å². The number of nitrogens with one attached hydrogen (secondary N) is 1. The molecular formula is C23H29N3O5. The molecule has 0 bridgehead atoms. The van der Waals surface area contributed by atoms with E-state index in [-0.39, 0.29) is 25.4 Å². The average Bonchev–Trinajstić information content (AvgIpc) is 2.73. The van der Waals surface area contributed by atoms with Gasteiger partial charge in [-0.15, -0.1) is 0 Å². The number of aliphatic carboxylic acids is 1. The normalized spacial score (nSPS) is 12.8. The molecule has 1 unspecified atom stereocenters. The van der Waals surface area contributed by atoms with Crippen LogP contribution in [0.1, 0.15) is 19.4 Å². The number of carboxylic acids is 1. The zero-order valence-corrected chi connectivity index (χ0v) is 17.7. The van der Waals surface area contributed by atoms with E-state index in [1.807, 2.05) is 68.4 Å². The number of nitrogens with zero attached hydrogens (tertiary/aromatic N) is 1. The summed E-state index contributed by atoms with van der Waals surface area (Å²) in [5, 5.41) is 21.8. The Labute approximate surface area is 181 Å². The third-order valence-corrected chi connectivity index (χ3v) is 4.69. The van der Waals surface area contributed by atoms with Gasteiger partial charge >= 0.3 is 12.0 Å². The second kappa shape index (κ2) is 11.1. The van der Waals surface area contributed by atoms with Gasteiger partial charge in [-0.05, 0) is 22.6 Å². The van der Waals surface area contributed by atoms with E-state index in [1.54, 1.807) is 0 Å². The van der Waals surface area contributed by atoms with E-state index in [0.717, 1.165) is 16.7 Å². The van der Waals surface area contributed by atoms with Crippen molar-refractivity contribution in [3.05, 3.63) is 60.2 Å². The number of carbonyl (C=O) groups excluding carboxylic acids is 2. The number of primary amides is 1. The fraction of sp³-hybridized carbons (Fsp3) is 0.348. The Morgan fingerprint density at radius 2 is 1.55 bits per heavy atom. The third kappa shape index (κ3) is 7.42. The summed E-state index contributed by atoms with van der Waals surface area (Å²) in [5.74, 6) is -2.09. The smallest absolute Gasteiger partial charge is 0.326 e. The molecule has 5 N–H and O–H groups in total. The van der Waals surface area contributed by atoms with Crippen molar-refractivity contribution in [3.63, 3.8) is 0 Å². The van der Waals surface area contributed by atoms with Gasteiger partial charge in [-0.25, -0.2) is 9.59 Å². The molecule has 31 heavy (non-hydrogen) atoms. The van der Waals surface area contributed by atoms with E-state index in [1.165, 1.54) is 4.90 Å². The maximum atomic E-state index is 12.7. The molecule has 8 heteroatoms. The summed E-state index contributed by atoms with van der Waals surface area (Å²) in [4.78, 5) is 36.8. The number of carbonyl (C=O) groups is 3. The van der Waals surface area contributed by atoms with Crippen LogP contribution in [-0.4, -0.2) is 58.3 Å². The molecule has 0 radical (unpaired) electrons. The largest absolute Gasteiger partial charge is 0.480 e. The van der Waals surface area contributed by atoms with Gasteiger partial charge in [-0.1, -0.05) is 68.4 Å². The van der Waals surface area contributed by atoms with Crippen molar-refractivity contribution >= 4 is 17.9 Å². The summed E-state index contributed by atoms with van der Waals surface area (Å²) in [7, 11) is 0. The fourth-order valence-corrected chi connectivity index (χ4v) is 3.12. The molecule has 0 spiro atoms. The number of hydrogen-bond acceptors (Lipinski definition) is 4. The van der Waals surface area contributed by atoms with E-state index >= 15 is 0 Å². The van der Waals surface area contributed by atoms with Crippen LogP contribution in [0, 0.1) is 5.92 Å². The first-order chi connectivity index (χ1) is 14.7. The Morgan fingerprint density at radius 3 is 2.06 bits per heavy atom. The predicted octanol–water partition coefficient (Wildman–Crippen LogP) is 1.86. The molecule has 2 aromatic rings. The molecule has 0 saturated heterocycles. The first kappa shape index (κ1) is 23.9. The monoisotopic (exact) mass is 427 g/mol. The Bertz CT molecular complexity index is 884. The van der Waals surface area contributed by atoms with Crippen molar-refractivity contribution in [2.75, 3.05) is 13.1 Å². The number of aliphatic hydroxyl groups is 1. The molecule has 0 aliphatic heterocycles. The van der Waals surface area contributed by atoms with Crippen molar-refractivity contribution < 1.29 is 24.6 Å². The van der Waals surface area contributed by atoms with Crippen LogP contribution in [-0.2, 0) is 16.0 Å². The second-order valence-corrected chi connectivity index (χ2v) is 7.82. The minimum atomic E-state index is -1.53. The van der Waals surface area contributed by atoms with Crippen LogP contribution in [0.25, 0.3) is 11.1 Å². The number of rotatable bonds is 10. The number of urea groups is 1. The van der Waals surface area contributed by atoms with E-state index in [4.69, 9.17) is 5.73 Å². The second-order valence-electron chi connectivity index (χ2n) is 7.82. The minimum Gasteiger partial charge on any atom is -0.480 e. The number of benzene rings is 2. The van der Waals surface area contributed by atoms with Gasteiger partial charge in [0.05, 0.1) is 6.54 Å². The summed E-state index contributed by atoms with van der Waals surface area (Å²) in [6.07, 6.45) is -1.44. The predicted molar refractivity (Wildman–Crippen MR) is 117 cm³/mol. The molecule has 2 rings (SSSR count). The Balaban J connectivity index is 2.09. The van der Waals surface area contributed by atoms with Crippen molar-refractivity contribution in [2.24, 2.45) is 11.7 Å². The van der Waals surface area contributed by atoms with Gasteiger partial charge in [-0.2, -0.15) is 0 Å². The standard InChI is InChI=1S/C23H29N3O5/c1-15(2)13-26(14-20(27)21(24)28)23(31)25-19(22(29)30)12-16-8-10-18(11-9-16)17-6-4-3-5-7-17/h3-11,15,19-20,27H,12-14H2,1-2H3,(H2,24,28)(H,25,31)(H,29,30)/t19-,20?/m0/s1. The lowest BCUT2D eigenvalue weighted by Gasteiger charge is -2.28. The van der Waals surface area contributed by atoms with Crippen molar-refractivity contribution in [1.82, 2.24) is 10.2 Å². The Kier molecular flexibility index (Phi) is 8.57. The first-order valence-electron chi connectivity index (χ1n) is 10.1. The van der Waals surface area contributed by atoms with Gasteiger partial charge in [0.25, 0.3) is 0 Å². The number of nitrogens with two attached hydrogens (primary N) is 1. The van der Waals surface area contributed by atoms with Crippen LogP contribution < -0.4 is 11.1 Å². The van der Waals surface area contributed by atoms with Crippen molar-refractivity contribution in [2.45, 2.75) is 32.4 Å². The van der Waals surface area contributed by atoms with Crippen LogP contribution >= 0.6 is 0 Å². The molecule has 0 aliphatic rings. The minimum absolute atomic E-state index is 0.0413. The number of hydrogen-bond donors (Lipinski definition) is 4. The van der Waals surface area contributed by atoms with Crippen LogP contribution in [0.5, 0.6) is 0 Å². The van der Waals surface area contributed by atoms with Crippen LogP contribution in [0.3, 0.4) is 0 Å². The lowest BCUT2D eigenvalue weighted by molar-refractivity contribution is -0.139. The molecule has 2 aromatic carbocycles. The summed E-state index contributed by atoms with van der Waals surface area (Å²) >= 11 is 0. The van der Waals surface area contributed by atoms with Gasteiger partial charge in [-0.3, -0.25) is 4.79 Å². The zero-order valence-electron chi connectivity index (χ0n) is 17.7. The van der Waals surface area contributed by atoms with E-state index in [9.17, 15) is 24.6 Å². The molecule has 3 amide bonds. The molecule has 0 aromatic heterocycles. The lowest BCUT2D eigenvalue weighted by Crippen LogP contribution is -2.52. The van der Waals surface area contributed by atoms with Crippen LogP contribution in [0.4, 0.5) is 4.79 Å². The van der Waals surface area contributed by atoms with E-state index in [2.05, 4.69) is 5.32 Å². The highest BCUT2D eigenvalue weighted by atomic mass is 16.4. The van der Waals surface area contributed by atoms with E-state index in [0.29, 0.717) is 0 Å². The molecular weight excluding hydrogens is 398 g/mol. The highest BCUT2D eigenvalue weighted by Gasteiger charge is 2.26. The number of carboxylic acid groups (broad SMARTS) is 1. The molecule has 0 fully saturated rings. The zero-order chi connectivity index (χ0) is 23.0. The summed E-state index contributed by atoms with van der Waals surface area (Å²) in [6, 6.07) is 15.4. The van der Waals surface area contributed by atoms with Gasteiger partial charge in [0.1, 0.15) is 12.1 Å². The van der Waals surface area contributed by atoms with Crippen LogP contribution in [0.2, 0.25) is 0 Å². The molecule has 0 aliphatic carbocycles. The molecule has 166 valence electrons. The maximum absolute atomic E-state index is 12.7. The van der Waals surface area contributed by atoms with Crippen molar-refractivity contribution in [1.29, 1.82) is 0 Å². The average molecular weight is 428 g/mol. The highest BCUT2D eigenvalue weighted by molar-refractivity contribution is 5.84. The molecule has 0 saturated carbocycles. The van der Waals surface area contributed by atoms with Gasteiger partial charge in [0.15, 0.2) is 0 Å². The SMILES string of the molecule is CC(C)CN(CC(O)C(N)=O)C(=O)N[C@@H](Cc1ccc(-c2ccccc2)cc1)C(=O)O. The molecule has 2 atom stereocenters. The molecule has 0 heterocycles. The molecule has 8 nitrogen and oxygen atoms in total. The summed E-state index contributed by atoms with van der Waals surface area (Å²) in [6.45, 7) is 3.64. The Morgan fingerprint density at radius 1 is 0.968 bits per heavy atom. The number of aliphatic hydroxyl groups excluding tert-OH is 1. The quantitative estimate of drug-likeness (QED) is 0.459. The first-order valence-corrected chi connectivity index (χ1v) is 10.1. The maximum Gasteiger partial charge on any atom is 0.326 e. The van der Waals surface area contributed by atoms with Gasteiger partial charge in [0.2, 0.25) is 5.91 Å². The van der Waals surface area contributed by atoms with Crippen LogP contribution in [0.15, 0.2) is 54.6 Å².